The molecule has 1 saturated heterocycles. The van der Waals surface area contributed by atoms with Crippen LogP contribution in [0.25, 0.3) is 10.9 Å². The van der Waals surface area contributed by atoms with Crippen LogP contribution >= 0.6 is 0 Å². The van der Waals surface area contributed by atoms with Crippen LogP contribution in [-0.4, -0.2) is 41.7 Å². The van der Waals surface area contributed by atoms with Crippen molar-refractivity contribution in [1.29, 1.82) is 0 Å². The molecule has 2 atom stereocenters. The van der Waals surface area contributed by atoms with E-state index >= 15 is 0 Å². The Bertz CT molecular complexity index is 1340. The summed E-state index contributed by atoms with van der Waals surface area (Å²) in [6.07, 6.45) is 1.01. The first-order chi connectivity index (χ1) is 15.6. The number of sulfonamides is 1. The van der Waals surface area contributed by atoms with Crippen LogP contribution < -0.4 is 5.56 Å². The Balaban J connectivity index is 1.46. The standard InChI is InChI=1S/C24H27N3O5S/c1-15-11-16(2)13-27(12-15)33(30,31)19-9-7-18(8-10-19)24(29)32-14-21-25-22-17(3)5-4-6-20(22)23(28)26-21/h4-10,15-16H,11-14H2,1-3H3,(H,25,26,28). The second-order valence-electron chi connectivity index (χ2n) is 8.85. The maximum Gasteiger partial charge on any atom is 0.338 e. The van der Waals surface area contributed by atoms with E-state index in [4.69, 9.17) is 4.74 Å². The fraction of sp³-hybridized carbons (Fsp3) is 0.375. The van der Waals surface area contributed by atoms with E-state index in [0.717, 1.165) is 12.0 Å². The lowest BCUT2D eigenvalue weighted by Gasteiger charge is -2.34. The van der Waals surface area contributed by atoms with Crippen molar-refractivity contribution in [3.63, 3.8) is 0 Å². The number of nitrogens with zero attached hydrogens (tertiary/aromatic N) is 2. The molecular formula is C24H27N3O5S. The molecule has 174 valence electrons. The van der Waals surface area contributed by atoms with Gasteiger partial charge in [0, 0.05) is 13.1 Å². The van der Waals surface area contributed by atoms with E-state index in [1.165, 1.54) is 28.6 Å². The number of fused-ring (bicyclic) bond motifs is 1. The normalized spacial score (nSPS) is 19.5. The number of carbonyl (C=O) groups excluding carboxylic acids is 1. The van der Waals surface area contributed by atoms with E-state index in [0.29, 0.717) is 35.8 Å². The van der Waals surface area contributed by atoms with Gasteiger partial charge in [0.15, 0.2) is 0 Å². The zero-order valence-electron chi connectivity index (χ0n) is 18.9. The first-order valence-corrected chi connectivity index (χ1v) is 12.3. The molecule has 0 amide bonds. The predicted molar refractivity (Wildman–Crippen MR) is 124 cm³/mol. The van der Waals surface area contributed by atoms with Crippen molar-refractivity contribution in [2.45, 2.75) is 38.7 Å². The highest BCUT2D eigenvalue weighted by molar-refractivity contribution is 7.89. The molecule has 2 unspecified atom stereocenters. The highest BCUT2D eigenvalue weighted by Crippen LogP contribution is 2.27. The summed E-state index contributed by atoms with van der Waals surface area (Å²) in [6, 6.07) is 11.0. The fourth-order valence-corrected chi connectivity index (χ4v) is 6.03. The molecule has 1 aliphatic rings. The minimum absolute atomic E-state index is 0.149. The first kappa shape index (κ1) is 23.1. The summed E-state index contributed by atoms with van der Waals surface area (Å²) in [5.74, 6) is 0.211. The van der Waals surface area contributed by atoms with Crippen molar-refractivity contribution in [3.8, 4) is 0 Å². The van der Waals surface area contributed by atoms with Crippen LogP contribution in [0.3, 0.4) is 0 Å². The van der Waals surface area contributed by atoms with Gasteiger partial charge >= 0.3 is 5.97 Å². The molecule has 1 aliphatic heterocycles. The lowest BCUT2D eigenvalue weighted by Crippen LogP contribution is -2.42. The monoisotopic (exact) mass is 469 g/mol. The number of aromatic amines is 1. The van der Waals surface area contributed by atoms with Crippen molar-refractivity contribution in [3.05, 3.63) is 69.8 Å². The Morgan fingerprint density at radius 2 is 1.79 bits per heavy atom. The van der Waals surface area contributed by atoms with E-state index in [2.05, 4.69) is 23.8 Å². The quantitative estimate of drug-likeness (QED) is 0.575. The molecular weight excluding hydrogens is 442 g/mol. The molecule has 4 rings (SSSR count). The van der Waals surface area contributed by atoms with Gasteiger partial charge in [0.25, 0.3) is 5.56 Å². The molecule has 1 N–H and O–H groups in total. The minimum atomic E-state index is -3.62. The third-order valence-corrected chi connectivity index (χ3v) is 7.74. The van der Waals surface area contributed by atoms with Crippen molar-refractivity contribution in [2.24, 2.45) is 11.8 Å². The summed E-state index contributed by atoms with van der Waals surface area (Å²) in [6.45, 7) is 6.74. The predicted octanol–water partition coefficient (Wildman–Crippen LogP) is 3.26. The number of hydrogen-bond acceptors (Lipinski definition) is 6. The lowest BCUT2D eigenvalue weighted by atomic mass is 9.94. The SMILES string of the molecule is Cc1cccc2c(=O)[nH]c(COC(=O)c3ccc(S(=O)(=O)N4CC(C)CC(C)C4)cc3)nc12. The Labute approximate surface area is 192 Å². The van der Waals surface area contributed by atoms with Crippen LogP contribution in [-0.2, 0) is 21.4 Å². The number of hydrogen-bond donors (Lipinski definition) is 1. The van der Waals surface area contributed by atoms with Crippen LogP contribution in [0.2, 0.25) is 0 Å². The molecule has 0 saturated carbocycles. The molecule has 2 heterocycles. The van der Waals surface area contributed by atoms with Crippen LogP contribution in [0.5, 0.6) is 0 Å². The van der Waals surface area contributed by atoms with Crippen molar-refractivity contribution >= 4 is 26.9 Å². The molecule has 0 bridgehead atoms. The van der Waals surface area contributed by atoms with Gasteiger partial charge in [-0.3, -0.25) is 4.79 Å². The molecule has 1 fully saturated rings. The second kappa shape index (κ2) is 9.07. The number of para-hydroxylation sites is 1. The van der Waals surface area contributed by atoms with Gasteiger partial charge in [-0.05, 0) is 61.1 Å². The minimum Gasteiger partial charge on any atom is -0.454 e. The van der Waals surface area contributed by atoms with E-state index in [9.17, 15) is 18.0 Å². The lowest BCUT2D eigenvalue weighted by molar-refractivity contribution is 0.0462. The molecule has 0 radical (unpaired) electrons. The Morgan fingerprint density at radius 3 is 2.45 bits per heavy atom. The van der Waals surface area contributed by atoms with Gasteiger partial charge in [-0.2, -0.15) is 4.31 Å². The zero-order valence-corrected chi connectivity index (χ0v) is 19.7. The number of nitrogens with one attached hydrogen (secondary N) is 1. The van der Waals surface area contributed by atoms with Gasteiger partial charge in [0.1, 0.15) is 12.4 Å². The van der Waals surface area contributed by atoms with Gasteiger partial charge in [0.05, 0.1) is 21.4 Å². The van der Waals surface area contributed by atoms with Crippen molar-refractivity contribution < 1.29 is 17.9 Å². The Hall–Kier alpha value is -3.04. The van der Waals surface area contributed by atoms with Crippen molar-refractivity contribution in [1.82, 2.24) is 14.3 Å². The number of H-pyrrole nitrogens is 1. The maximum absolute atomic E-state index is 13.0. The molecule has 8 nitrogen and oxygen atoms in total. The first-order valence-electron chi connectivity index (χ1n) is 10.9. The van der Waals surface area contributed by atoms with Crippen LogP contribution in [0.1, 0.15) is 42.0 Å². The highest BCUT2D eigenvalue weighted by atomic mass is 32.2. The molecule has 1 aromatic heterocycles. The van der Waals surface area contributed by atoms with Gasteiger partial charge in [-0.15, -0.1) is 0 Å². The summed E-state index contributed by atoms with van der Waals surface area (Å²) < 4.78 is 32.8. The van der Waals surface area contributed by atoms with Crippen molar-refractivity contribution in [2.75, 3.05) is 13.1 Å². The largest absolute Gasteiger partial charge is 0.454 e. The topological polar surface area (TPSA) is 109 Å². The second-order valence-corrected chi connectivity index (χ2v) is 10.8. The maximum atomic E-state index is 13.0. The van der Waals surface area contributed by atoms with Gasteiger partial charge in [0.2, 0.25) is 10.0 Å². The van der Waals surface area contributed by atoms with E-state index in [1.807, 2.05) is 13.0 Å². The van der Waals surface area contributed by atoms with Crippen LogP contribution in [0, 0.1) is 18.8 Å². The summed E-state index contributed by atoms with van der Waals surface area (Å²) in [5.41, 5.74) is 1.32. The fourth-order valence-electron chi connectivity index (χ4n) is 4.35. The third-order valence-electron chi connectivity index (χ3n) is 5.89. The van der Waals surface area contributed by atoms with Crippen LogP contribution in [0.4, 0.5) is 0 Å². The van der Waals surface area contributed by atoms with E-state index in [1.54, 1.807) is 12.1 Å². The molecule has 33 heavy (non-hydrogen) atoms. The number of piperidine rings is 1. The molecule has 3 aromatic rings. The Morgan fingerprint density at radius 1 is 1.12 bits per heavy atom. The summed E-state index contributed by atoms with van der Waals surface area (Å²) in [4.78, 5) is 31.9. The number of esters is 1. The molecule has 0 spiro atoms. The average Bonchev–Trinajstić information content (AvgIpc) is 2.77. The number of ether oxygens (including phenoxy) is 1. The number of rotatable bonds is 5. The highest BCUT2D eigenvalue weighted by Gasteiger charge is 2.31. The average molecular weight is 470 g/mol. The Kier molecular flexibility index (Phi) is 6.36. The smallest absolute Gasteiger partial charge is 0.338 e. The molecule has 9 heteroatoms. The molecule has 0 aliphatic carbocycles. The number of benzene rings is 2. The van der Waals surface area contributed by atoms with E-state index < -0.39 is 16.0 Å². The number of aromatic nitrogens is 2. The third kappa shape index (κ3) is 4.84. The number of carbonyl (C=O) groups is 1. The summed E-state index contributed by atoms with van der Waals surface area (Å²) in [5, 5.41) is 0.472. The summed E-state index contributed by atoms with van der Waals surface area (Å²) in [7, 11) is -3.62. The zero-order chi connectivity index (χ0) is 23.8. The summed E-state index contributed by atoms with van der Waals surface area (Å²) >= 11 is 0. The van der Waals surface area contributed by atoms with Gasteiger partial charge < -0.3 is 9.72 Å². The van der Waals surface area contributed by atoms with Gasteiger partial charge in [-0.1, -0.05) is 26.0 Å². The van der Waals surface area contributed by atoms with E-state index in [-0.39, 0.29) is 28.4 Å². The molecule has 2 aromatic carbocycles. The van der Waals surface area contributed by atoms with Gasteiger partial charge in [-0.25, -0.2) is 18.2 Å². The number of aryl methyl sites for hydroxylation is 1. The van der Waals surface area contributed by atoms with Crippen LogP contribution in [0.15, 0.2) is 52.2 Å².